The maximum absolute atomic E-state index is 12.1. The standard InChI is InChI=1S/C15H24N4O2S/c1-12-10-21-9-8-19(12)14(20)16-5-4-13-11-22-15(17-13)18-6-2-3-7-18/h11-12H,2-10H2,1H3,(H,16,20)/t12-/m0/s1. The van der Waals surface area contributed by atoms with Gasteiger partial charge in [0.2, 0.25) is 0 Å². The van der Waals surface area contributed by atoms with Gasteiger partial charge in [0.05, 0.1) is 24.9 Å². The van der Waals surface area contributed by atoms with Gasteiger partial charge < -0.3 is 19.9 Å². The number of anilines is 1. The Balaban J connectivity index is 1.43. The van der Waals surface area contributed by atoms with Crippen molar-refractivity contribution in [2.45, 2.75) is 32.2 Å². The lowest BCUT2D eigenvalue weighted by Crippen LogP contribution is -2.51. The molecule has 1 aromatic rings. The van der Waals surface area contributed by atoms with E-state index in [-0.39, 0.29) is 12.1 Å². The molecule has 0 spiro atoms. The van der Waals surface area contributed by atoms with Gasteiger partial charge in [-0.05, 0) is 19.8 Å². The molecule has 7 heteroatoms. The SMILES string of the molecule is C[C@H]1COCCN1C(=O)NCCc1csc(N2CCCC2)n1. The molecule has 1 atom stereocenters. The third kappa shape index (κ3) is 3.70. The van der Waals surface area contributed by atoms with Crippen LogP contribution in [0.25, 0.3) is 0 Å². The van der Waals surface area contributed by atoms with E-state index in [4.69, 9.17) is 4.74 Å². The summed E-state index contributed by atoms with van der Waals surface area (Å²) in [6.45, 7) is 6.81. The summed E-state index contributed by atoms with van der Waals surface area (Å²) in [5.41, 5.74) is 1.07. The molecule has 3 heterocycles. The van der Waals surface area contributed by atoms with Crippen LogP contribution in [-0.4, -0.2) is 61.3 Å². The Labute approximate surface area is 135 Å². The van der Waals surface area contributed by atoms with Crippen LogP contribution in [0, 0.1) is 0 Å². The third-order valence-corrected chi connectivity index (χ3v) is 5.15. The summed E-state index contributed by atoms with van der Waals surface area (Å²) in [5, 5.41) is 6.23. The predicted octanol–water partition coefficient (Wildman–Crippen LogP) is 1.72. The van der Waals surface area contributed by atoms with Crippen molar-refractivity contribution in [2.75, 3.05) is 44.3 Å². The molecule has 1 N–H and O–H groups in total. The fourth-order valence-electron chi connectivity index (χ4n) is 2.89. The number of carbonyl (C=O) groups is 1. The number of nitrogens with zero attached hydrogens (tertiary/aromatic N) is 3. The molecular formula is C15H24N4O2S. The third-order valence-electron chi connectivity index (χ3n) is 4.20. The van der Waals surface area contributed by atoms with Crippen molar-refractivity contribution >= 4 is 22.5 Å². The number of morpholine rings is 1. The van der Waals surface area contributed by atoms with Crippen LogP contribution in [0.15, 0.2) is 5.38 Å². The van der Waals surface area contributed by atoms with Gasteiger partial charge in [-0.25, -0.2) is 9.78 Å². The monoisotopic (exact) mass is 324 g/mol. The smallest absolute Gasteiger partial charge is 0.317 e. The van der Waals surface area contributed by atoms with Crippen LogP contribution in [0.4, 0.5) is 9.93 Å². The summed E-state index contributed by atoms with van der Waals surface area (Å²) < 4.78 is 5.35. The maximum atomic E-state index is 12.1. The molecule has 6 nitrogen and oxygen atoms in total. The second-order valence-corrected chi connectivity index (χ2v) is 6.75. The number of nitrogens with one attached hydrogen (secondary N) is 1. The molecule has 2 fully saturated rings. The molecule has 1 aromatic heterocycles. The molecule has 0 bridgehead atoms. The highest BCUT2D eigenvalue weighted by molar-refractivity contribution is 7.13. The Morgan fingerprint density at radius 2 is 2.27 bits per heavy atom. The lowest BCUT2D eigenvalue weighted by atomic mass is 10.3. The molecule has 2 aliphatic rings. The molecule has 0 aromatic carbocycles. The lowest BCUT2D eigenvalue weighted by Gasteiger charge is -2.33. The molecule has 3 rings (SSSR count). The van der Waals surface area contributed by atoms with Crippen LogP contribution in [0.1, 0.15) is 25.5 Å². The Bertz CT molecular complexity index is 501. The summed E-state index contributed by atoms with van der Waals surface area (Å²) in [4.78, 5) is 21.0. The van der Waals surface area contributed by atoms with E-state index in [1.54, 1.807) is 11.3 Å². The van der Waals surface area contributed by atoms with E-state index in [1.807, 2.05) is 11.8 Å². The molecule has 122 valence electrons. The molecule has 0 radical (unpaired) electrons. The largest absolute Gasteiger partial charge is 0.377 e. The first kappa shape index (κ1) is 15.6. The second-order valence-electron chi connectivity index (χ2n) is 5.91. The maximum Gasteiger partial charge on any atom is 0.317 e. The number of rotatable bonds is 4. The van der Waals surface area contributed by atoms with Crippen molar-refractivity contribution in [2.24, 2.45) is 0 Å². The van der Waals surface area contributed by atoms with Gasteiger partial charge in [-0.2, -0.15) is 0 Å². The molecule has 2 saturated heterocycles. The predicted molar refractivity (Wildman–Crippen MR) is 87.7 cm³/mol. The summed E-state index contributed by atoms with van der Waals surface area (Å²) in [6.07, 6.45) is 3.32. The fourth-order valence-corrected chi connectivity index (χ4v) is 3.81. The van der Waals surface area contributed by atoms with Gasteiger partial charge in [-0.1, -0.05) is 0 Å². The minimum atomic E-state index is 0.00537. The van der Waals surface area contributed by atoms with Crippen molar-refractivity contribution < 1.29 is 9.53 Å². The first-order valence-corrected chi connectivity index (χ1v) is 8.93. The first-order valence-electron chi connectivity index (χ1n) is 8.05. The average Bonchev–Trinajstić information content (AvgIpc) is 3.18. The van der Waals surface area contributed by atoms with Gasteiger partial charge in [0, 0.05) is 38.0 Å². The van der Waals surface area contributed by atoms with Crippen LogP contribution < -0.4 is 10.2 Å². The van der Waals surface area contributed by atoms with Crippen molar-refractivity contribution in [1.82, 2.24) is 15.2 Å². The lowest BCUT2D eigenvalue weighted by molar-refractivity contribution is 0.0191. The summed E-state index contributed by atoms with van der Waals surface area (Å²) in [7, 11) is 0. The van der Waals surface area contributed by atoms with Gasteiger partial charge in [-0.15, -0.1) is 11.3 Å². The minimum Gasteiger partial charge on any atom is -0.377 e. The Kier molecular flexibility index (Phi) is 5.15. The van der Waals surface area contributed by atoms with Crippen LogP contribution in [0.3, 0.4) is 0 Å². The molecule has 0 saturated carbocycles. The van der Waals surface area contributed by atoms with Gasteiger partial charge in [0.1, 0.15) is 0 Å². The van der Waals surface area contributed by atoms with E-state index in [2.05, 4.69) is 20.6 Å². The Morgan fingerprint density at radius 1 is 1.45 bits per heavy atom. The molecule has 2 amide bonds. The van der Waals surface area contributed by atoms with Gasteiger partial charge >= 0.3 is 6.03 Å². The zero-order chi connectivity index (χ0) is 15.4. The van der Waals surface area contributed by atoms with E-state index >= 15 is 0 Å². The normalized spacial score (nSPS) is 22.1. The first-order chi connectivity index (χ1) is 10.7. The number of hydrogen-bond donors (Lipinski definition) is 1. The van der Waals surface area contributed by atoms with E-state index < -0.39 is 0 Å². The van der Waals surface area contributed by atoms with Gasteiger partial charge in [0.15, 0.2) is 5.13 Å². The van der Waals surface area contributed by atoms with Crippen LogP contribution >= 0.6 is 11.3 Å². The van der Waals surface area contributed by atoms with Crippen LogP contribution in [0.5, 0.6) is 0 Å². The summed E-state index contributed by atoms with van der Waals surface area (Å²) in [5.74, 6) is 0. The highest BCUT2D eigenvalue weighted by atomic mass is 32.1. The summed E-state index contributed by atoms with van der Waals surface area (Å²) in [6, 6.07) is 0.153. The van der Waals surface area contributed by atoms with Gasteiger partial charge in [-0.3, -0.25) is 0 Å². The number of amides is 2. The fraction of sp³-hybridized carbons (Fsp3) is 0.733. The molecular weight excluding hydrogens is 300 g/mol. The topological polar surface area (TPSA) is 57.7 Å². The number of aromatic nitrogens is 1. The van der Waals surface area contributed by atoms with E-state index in [1.165, 1.54) is 12.8 Å². The zero-order valence-electron chi connectivity index (χ0n) is 13.1. The quantitative estimate of drug-likeness (QED) is 0.916. The minimum absolute atomic E-state index is 0.00537. The molecule has 0 aliphatic carbocycles. The number of carbonyl (C=O) groups excluding carboxylic acids is 1. The number of thiazole rings is 1. The molecule has 0 unspecified atom stereocenters. The number of ether oxygens (including phenoxy) is 1. The Morgan fingerprint density at radius 3 is 3.05 bits per heavy atom. The number of urea groups is 1. The van der Waals surface area contributed by atoms with Crippen molar-refractivity contribution in [1.29, 1.82) is 0 Å². The van der Waals surface area contributed by atoms with Crippen molar-refractivity contribution in [3.05, 3.63) is 11.1 Å². The van der Waals surface area contributed by atoms with Crippen molar-refractivity contribution in [3.8, 4) is 0 Å². The highest BCUT2D eigenvalue weighted by Gasteiger charge is 2.23. The Hall–Kier alpha value is -1.34. The van der Waals surface area contributed by atoms with Crippen LogP contribution in [-0.2, 0) is 11.2 Å². The highest BCUT2D eigenvalue weighted by Crippen LogP contribution is 2.24. The zero-order valence-corrected chi connectivity index (χ0v) is 13.9. The van der Waals surface area contributed by atoms with E-state index in [9.17, 15) is 4.79 Å². The van der Waals surface area contributed by atoms with Gasteiger partial charge in [0.25, 0.3) is 0 Å². The summed E-state index contributed by atoms with van der Waals surface area (Å²) >= 11 is 1.71. The van der Waals surface area contributed by atoms with E-state index in [0.717, 1.165) is 30.3 Å². The molecule has 2 aliphatic heterocycles. The van der Waals surface area contributed by atoms with E-state index in [0.29, 0.717) is 26.3 Å². The second kappa shape index (κ2) is 7.28. The van der Waals surface area contributed by atoms with Crippen LogP contribution in [0.2, 0.25) is 0 Å². The number of hydrogen-bond acceptors (Lipinski definition) is 5. The van der Waals surface area contributed by atoms with Crippen molar-refractivity contribution in [3.63, 3.8) is 0 Å². The average molecular weight is 324 g/mol. The molecule has 22 heavy (non-hydrogen) atoms.